The first-order chi connectivity index (χ1) is 17.5. The van der Waals surface area contributed by atoms with Crippen molar-refractivity contribution in [2.45, 2.75) is 26.5 Å². The molecule has 0 spiro atoms. The van der Waals surface area contributed by atoms with Crippen molar-refractivity contribution in [2.75, 3.05) is 13.2 Å². The van der Waals surface area contributed by atoms with Crippen LogP contribution in [0.1, 0.15) is 36.6 Å². The van der Waals surface area contributed by atoms with E-state index in [1.54, 1.807) is 6.92 Å². The number of halogens is 1. The minimum absolute atomic E-state index is 0.253. The van der Waals surface area contributed by atoms with Crippen LogP contribution in [0, 0.1) is 0 Å². The number of esters is 1. The molecule has 3 aromatic rings. The van der Waals surface area contributed by atoms with Crippen molar-refractivity contribution < 1.29 is 19.0 Å². The van der Waals surface area contributed by atoms with Gasteiger partial charge < -0.3 is 24.8 Å². The first-order valence-corrected chi connectivity index (χ1v) is 12.5. The molecule has 1 aliphatic heterocycles. The molecule has 8 heteroatoms. The molecule has 36 heavy (non-hydrogen) atoms. The standard InChI is InChI=1S/C28H27ClN2O4S/c1-3-33-23-16-20(12-15-22(23)35-17-18-10-13-21(29)14-11-18)26-24(27(32)34-4-2)25(30-28(36)31-26)19-8-6-5-7-9-19/h5-16,26H,3-4,17H2,1-2H3,(H2,30,31,36)/t26-/m1/s1. The molecule has 1 heterocycles. The predicted octanol–water partition coefficient (Wildman–Crippen LogP) is 5.81. The Morgan fingerprint density at radius 2 is 1.69 bits per heavy atom. The van der Waals surface area contributed by atoms with Crippen LogP contribution in [0.4, 0.5) is 0 Å². The smallest absolute Gasteiger partial charge is 0.338 e. The van der Waals surface area contributed by atoms with Crippen LogP contribution < -0.4 is 20.1 Å². The van der Waals surface area contributed by atoms with E-state index in [4.69, 9.17) is 38.0 Å². The minimum Gasteiger partial charge on any atom is -0.490 e. The molecule has 0 saturated carbocycles. The molecule has 6 nitrogen and oxygen atoms in total. The zero-order valence-corrected chi connectivity index (χ0v) is 21.6. The second-order valence-electron chi connectivity index (χ2n) is 7.96. The number of hydrogen-bond acceptors (Lipinski definition) is 5. The van der Waals surface area contributed by atoms with E-state index < -0.39 is 12.0 Å². The summed E-state index contributed by atoms with van der Waals surface area (Å²) in [4.78, 5) is 13.2. The molecule has 1 atom stereocenters. The van der Waals surface area contributed by atoms with E-state index in [0.29, 0.717) is 46.1 Å². The van der Waals surface area contributed by atoms with Crippen LogP contribution >= 0.6 is 23.8 Å². The molecular formula is C28H27ClN2O4S. The van der Waals surface area contributed by atoms with Gasteiger partial charge in [-0.05, 0) is 67.0 Å². The number of carbonyl (C=O) groups excluding carboxylic acids is 1. The summed E-state index contributed by atoms with van der Waals surface area (Å²) in [6.45, 7) is 4.76. The van der Waals surface area contributed by atoms with Crippen molar-refractivity contribution in [1.82, 2.24) is 10.6 Å². The van der Waals surface area contributed by atoms with E-state index in [-0.39, 0.29) is 6.61 Å². The zero-order valence-electron chi connectivity index (χ0n) is 20.0. The molecule has 0 radical (unpaired) electrons. The van der Waals surface area contributed by atoms with Gasteiger partial charge in [0.25, 0.3) is 0 Å². The number of ether oxygens (including phenoxy) is 3. The van der Waals surface area contributed by atoms with Crippen molar-refractivity contribution in [3.05, 3.63) is 100 Å². The molecule has 2 N–H and O–H groups in total. The van der Waals surface area contributed by atoms with Gasteiger partial charge >= 0.3 is 5.97 Å². The normalized spacial score (nSPS) is 15.1. The Labute approximate surface area is 221 Å². The maximum atomic E-state index is 13.2. The molecule has 4 rings (SSSR count). The van der Waals surface area contributed by atoms with Crippen molar-refractivity contribution in [3.63, 3.8) is 0 Å². The summed E-state index contributed by atoms with van der Waals surface area (Å²) >= 11 is 11.5. The van der Waals surface area contributed by atoms with E-state index in [1.165, 1.54) is 0 Å². The average molecular weight is 523 g/mol. The molecule has 0 fully saturated rings. The summed E-state index contributed by atoms with van der Waals surface area (Å²) in [6, 6.07) is 22.1. The molecule has 1 aliphatic rings. The number of carbonyl (C=O) groups is 1. The highest BCUT2D eigenvalue weighted by molar-refractivity contribution is 7.80. The van der Waals surface area contributed by atoms with Gasteiger partial charge in [0.1, 0.15) is 6.61 Å². The Morgan fingerprint density at radius 1 is 0.944 bits per heavy atom. The van der Waals surface area contributed by atoms with E-state index in [9.17, 15) is 4.79 Å². The van der Waals surface area contributed by atoms with E-state index >= 15 is 0 Å². The Morgan fingerprint density at radius 3 is 2.39 bits per heavy atom. The lowest BCUT2D eigenvalue weighted by Gasteiger charge is -2.31. The van der Waals surface area contributed by atoms with Crippen molar-refractivity contribution in [1.29, 1.82) is 0 Å². The maximum Gasteiger partial charge on any atom is 0.338 e. The van der Waals surface area contributed by atoms with Crippen molar-refractivity contribution in [2.24, 2.45) is 0 Å². The van der Waals surface area contributed by atoms with Gasteiger partial charge in [-0.2, -0.15) is 0 Å². The fraction of sp³-hybridized carbons (Fsp3) is 0.214. The SMILES string of the molecule is CCOC(=O)C1=C(c2ccccc2)NC(=S)N[C@@H]1c1ccc(OCc2ccc(Cl)cc2)c(OCC)c1. The van der Waals surface area contributed by atoms with Gasteiger partial charge in [0.05, 0.1) is 30.5 Å². The van der Waals surface area contributed by atoms with Crippen LogP contribution in [0.5, 0.6) is 11.5 Å². The molecule has 0 amide bonds. The van der Waals surface area contributed by atoms with Crippen LogP contribution in [-0.4, -0.2) is 24.3 Å². The first-order valence-electron chi connectivity index (χ1n) is 11.7. The van der Waals surface area contributed by atoms with Gasteiger partial charge in [-0.3, -0.25) is 0 Å². The summed E-state index contributed by atoms with van der Waals surface area (Å²) in [5, 5.41) is 7.46. The van der Waals surface area contributed by atoms with Crippen LogP contribution in [0.2, 0.25) is 5.02 Å². The van der Waals surface area contributed by atoms with Crippen molar-refractivity contribution >= 4 is 40.6 Å². The maximum absolute atomic E-state index is 13.2. The minimum atomic E-state index is -0.544. The third-order valence-corrected chi connectivity index (χ3v) is 6.01. The third-order valence-electron chi connectivity index (χ3n) is 5.54. The van der Waals surface area contributed by atoms with Gasteiger partial charge in [0.15, 0.2) is 16.6 Å². The summed E-state index contributed by atoms with van der Waals surface area (Å²) < 4.78 is 17.4. The highest BCUT2D eigenvalue weighted by Crippen LogP contribution is 2.37. The second-order valence-corrected chi connectivity index (χ2v) is 8.81. The number of thiocarbonyl (C=S) groups is 1. The fourth-order valence-electron chi connectivity index (χ4n) is 3.91. The average Bonchev–Trinajstić information content (AvgIpc) is 2.89. The first kappa shape index (κ1) is 25.5. The van der Waals surface area contributed by atoms with Crippen LogP contribution in [0.3, 0.4) is 0 Å². The molecule has 0 aromatic heterocycles. The predicted molar refractivity (Wildman–Crippen MR) is 145 cm³/mol. The monoisotopic (exact) mass is 522 g/mol. The van der Waals surface area contributed by atoms with Gasteiger partial charge in [0, 0.05) is 5.02 Å². The summed E-state index contributed by atoms with van der Waals surface area (Å²) in [5.41, 5.74) is 3.66. The third kappa shape index (κ3) is 5.98. The molecule has 0 bridgehead atoms. The van der Waals surface area contributed by atoms with Crippen LogP contribution in [0.15, 0.2) is 78.4 Å². The lowest BCUT2D eigenvalue weighted by molar-refractivity contribution is -0.138. The van der Waals surface area contributed by atoms with E-state index in [2.05, 4.69) is 10.6 Å². The lowest BCUT2D eigenvalue weighted by atomic mass is 9.92. The molecule has 3 aromatic carbocycles. The Balaban J connectivity index is 1.71. The van der Waals surface area contributed by atoms with E-state index in [0.717, 1.165) is 16.7 Å². The Hall–Kier alpha value is -3.55. The summed E-state index contributed by atoms with van der Waals surface area (Å²) in [7, 11) is 0. The fourth-order valence-corrected chi connectivity index (χ4v) is 4.26. The quantitative estimate of drug-likeness (QED) is 0.271. The van der Waals surface area contributed by atoms with Gasteiger partial charge in [0.2, 0.25) is 0 Å². The number of nitrogens with one attached hydrogen (secondary N) is 2. The molecule has 0 unspecified atom stereocenters. The summed E-state index contributed by atoms with van der Waals surface area (Å²) in [6.07, 6.45) is 0. The lowest BCUT2D eigenvalue weighted by Crippen LogP contribution is -2.45. The van der Waals surface area contributed by atoms with Gasteiger partial charge in [-0.1, -0.05) is 60.1 Å². The Bertz CT molecular complexity index is 1260. The van der Waals surface area contributed by atoms with Crippen LogP contribution in [0.25, 0.3) is 5.70 Å². The molecule has 186 valence electrons. The highest BCUT2D eigenvalue weighted by Gasteiger charge is 2.33. The Kier molecular flexibility index (Phi) is 8.46. The summed E-state index contributed by atoms with van der Waals surface area (Å²) in [5.74, 6) is 0.738. The second kappa shape index (κ2) is 11.9. The van der Waals surface area contributed by atoms with Gasteiger partial charge in [-0.25, -0.2) is 4.79 Å². The van der Waals surface area contributed by atoms with Crippen LogP contribution in [-0.2, 0) is 16.1 Å². The number of rotatable bonds is 9. The highest BCUT2D eigenvalue weighted by atomic mass is 35.5. The number of benzene rings is 3. The molecule has 0 saturated heterocycles. The molecular weight excluding hydrogens is 496 g/mol. The largest absolute Gasteiger partial charge is 0.490 e. The van der Waals surface area contributed by atoms with Gasteiger partial charge in [-0.15, -0.1) is 0 Å². The van der Waals surface area contributed by atoms with E-state index in [1.807, 2.05) is 79.7 Å². The molecule has 0 aliphatic carbocycles. The zero-order chi connectivity index (χ0) is 25.5. The van der Waals surface area contributed by atoms with Crippen molar-refractivity contribution in [3.8, 4) is 11.5 Å². The number of hydrogen-bond donors (Lipinski definition) is 2. The topological polar surface area (TPSA) is 68.8 Å².